The fraction of sp³-hybridized carbons (Fsp3) is 0.250. The summed E-state index contributed by atoms with van der Waals surface area (Å²) in [6.07, 6.45) is -5.07. The standard InChI is InChI=1S/C20H17ClF3NO7S/c1-4-33(29,30)17-9-12(21)5-7-14(17)18(27)25(11(2)26)16-8-6-13(32-20(22,23)24)10-15(16)19(28)31-3/h5-10H,4H2,1-3H3. The summed E-state index contributed by atoms with van der Waals surface area (Å²) < 4.78 is 71.1. The van der Waals surface area contributed by atoms with Crippen LogP contribution in [0.15, 0.2) is 41.3 Å². The van der Waals surface area contributed by atoms with E-state index in [0.29, 0.717) is 11.0 Å². The molecule has 0 aliphatic heterocycles. The number of imide groups is 1. The van der Waals surface area contributed by atoms with E-state index in [0.717, 1.165) is 38.3 Å². The molecule has 0 bridgehead atoms. The third kappa shape index (κ3) is 6.02. The lowest BCUT2D eigenvalue weighted by molar-refractivity contribution is -0.274. The van der Waals surface area contributed by atoms with Gasteiger partial charge in [-0.15, -0.1) is 13.2 Å². The zero-order valence-electron chi connectivity index (χ0n) is 17.4. The van der Waals surface area contributed by atoms with Gasteiger partial charge in [-0.1, -0.05) is 18.5 Å². The van der Waals surface area contributed by atoms with E-state index >= 15 is 0 Å². The number of esters is 1. The molecule has 0 spiro atoms. The van der Waals surface area contributed by atoms with Crippen molar-refractivity contribution in [1.82, 2.24) is 0 Å². The average molecular weight is 508 g/mol. The first-order chi connectivity index (χ1) is 15.2. The highest BCUT2D eigenvalue weighted by molar-refractivity contribution is 7.91. The molecule has 0 aromatic heterocycles. The number of rotatable bonds is 6. The Morgan fingerprint density at radius 2 is 1.70 bits per heavy atom. The van der Waals surface area contributed by atoms with Gasteiger partial charge in [-0.25, -0.2) is 18.1 Å². The van der Waals surface area contributed by atoms with Gasteiger partial charge < -0.3 is 9.47 Å². The molecular formula is C20H17ClF3NO7S. The van der Waals surface area contributed by atoms with Crippen LogP contribution in [0.5, 0.6) is 5.75 Å². The summed E-state index contributed by atoms with van der Waals surface area (Å²) in [4.78, 5) is 37.9. The molecule has 2 aromatic rings. The van der Waals surface area contributed by atoms with E-state index in [-0.39, 0.29) is 10.8 Å². The minimum Gasteiger partial charge on any atom is -0.465 e. The molecule has 0 heterocycles. The van der Waals surface area contributed by atoms with Gasteiger partial charge >= 0.3 is 12.3 Å². The maximum Gasteiger partial charge on any atom is 0.573 e. The lowest BCUT2D eigenvalue weighted by Gasteiger charge is -2.23. The van der Waals surface area contributed by atoms with Crippen molar-refractivity contribution in [2.75, 3.05) is 17.8 Å². The van der Waals surface area contributed by atoms with E-state index in [9.17, 15) is 36.0 Å². The van der Waals surface area contributed by atoms with Crippen LogP contribution >= 0.6 is 11.6 Å². The Morgan fingerprint density at radius 3 is 2.21 bits per heavy atom. The van der Waals surface area contributed by atoms with Gasteiger partial charge in [0, 0.05) is 11.9 Å². The van der Waals surface area contributed by atoms with E-state index in [4.69, 9.17) is 11.6 Å². The number of carbonyl (C=O) groups is 3. The van der Waals surface area contributed by atoms with Crippen molar-refractivity contribution in [3.63, 3.8) is 0 Å². The monoisotopic (exact) mass is 507 g/mol. The van der Waals surface area contributed by atoms with Crippen molar-refractivity contribution in [2.24, 2.45) is 0 Å². The maximum atomic E-state index is 13.3. The molecule has 33 heavy (non-hydrogen) atoms. The molecule has 178 valence electrons. The summed E-state index contributed by atoms with van der Waals surface area (Å²) in [5.41, 5.74) is -1.47. The Morgan fingerprint density at radius 1 is 1.06 bits per heavy atom. The van der Waals surface area contributed by atoms with Crippen LogP contribution in [0.2, 0.25) is 5.02 Å². The van der Waals surface area contributed by atoms with Crippen molar-refractivity contribution >= 4 is 44.9 Å². The number of hydrogen-bond donors (Lipinski definition) is 0. The fourth-order valence-corrected chi connectivity index (χ4v) is 4.15. The number of ether oxygens (including phenoxy) is 2. The molecule has 0 saturated heterocycles. The summed E-state index contributed by atoms with van der Waals surface area (Å²) in [5.74, 6) is -4.47. The Balaban J connectivity index is 2.73. The zero-order chi connectivity index (χ0) is 25.1. The van der Waals surface area contributed by atoms with Gasteiger partial charge in [0.15, 0.2) is 9.84 Å². The fourth-order valence-electron chi connectivity index (χ4n) is 2.81. The minimum absolute atomic E-state index is 0.0110. The lowest BCUT2D eigenvalue weighted by atomic mass is 10.1. The molecule has 2 aromatic carbocycles. The van der Waals surface area contributed by atoms with Crippen LogP contribution in [-0.2, 0) is 19.4 Å². The number of alkyl halides is 3. The number of amides is 2. The first kappa shape index (κ1) is 26.1. The van der Waals surface area contributed by atoms with Crippen molar-refractivity contribution in [3.8, 4) is 5.75 Å². The summed E-state index contributed by atoms with van der Waals surface area (Å²) in [7, 11) is -3.04. The van der Waals surface area contributed by atoms with Crippen molar-refractivity contribution in [2.45, 2.75) is 25.1 Å². The van der Waals surface area contributed by atoms with Gasteiger partial charge in [-0.05, 0) is 36.4 Å². The molecule has 0 atom stereocenters. The first-order valence-electron chi connectivity index (χ1n) is 9.07. The highest BCUT2D eigenvalue weighted by Gasteiger charge is 2.34. The molecule has 0 fully saturated rings. The average Bonchev–Trinajstić information content (AvgIpc) is 2.72. The van der Waals surface area contributed by atoms with Crippen molar-refractivity contribution in [3.05, 3.63) is 52.5 Å². The molecule has 8 nitrogen and oxygen atoms in total. The van der Waals surface area contributed by atoms with Crippen LogP contribution in [0.1, 0.15) is 34.6 Å². The van der Waals surface area contributed by atoms with E-state index in [1.807, 2.05) is 0 Å². The van der Waals surface area contributed by atoms with Crippen LogP contribution < -0.4 is 9.64 Å². The number of carbonyl (C=O) groups excluding carboxylic acids is 3. The van der Waals surface area contributed by atoms with Crippen LogP contribution in [-0.4, -0.2) is 45.4 Å². The quantitative estimate of drug-likeness (QED) is 0.544. The van der Waals surface area contributed by atoms with Crippen molar-refractivity contribution in [1.29, 1.82) is 0 Å². The highest BCUT2D eigenvalue weighted by Crippen LogP contribution is 2.32. The number of nitrogens with zero attached hydrogens (tertiary/aromatic N) is 1. The molecule has 0 saturated carbocycles. The Kier molecular flexibility index (Phi) is 7.75. The van der Waals surface area contributed by atoms with E-state index < -0.39 is 61.4 Å². The topological polar surface area (TPSA) is 107 Å². The highest BCUT2D eigenvalue weighted by atomic mass is 35.5. The zero-order valence-corrected chi connectivity index (χ0v) is 19.0. The van der Waals surface area contributed by atoms with Crippen LogP contribution in [0.3, 0.4) is 0 Å². The van der Waals surface area contributed by atoms with Crippen LogP contribution in [0, 0.1) is 0 Å². The van der Waals surface area contributed by atoms with E-state index in [1.54, 1.807) is 0 Å². The third-order valence-corrected chi connectivity index (χ3v) is 6.26. The lowest BCUT2D eigenvalue weighted by Crippen LogP contribution is -2.37. The summed E-state index contributed by atoms with van der Waals surface area (Å²) in [6.45, 7) is 2.28. The number of benzene rings is 2. The second kappa shape index (κ2) is 9.79. The molecule has 0 aliphatic rings. The first-order valence-corrected chi connectivity index (χ1v) is 11.1. The normalized spacial score (nSPS) is 11.6. The summed E-state index contributed by atoms with van der Waals surface area (Å²) in [5, 5.41) is 0.0110. The minimum atomic E-state index is -5.07. The van der Waals surface area contributed by atoms with Crippen LogP contribution in [0.25, 0.3) is 0 Å². The molecule has 0 aliphatic carbocycles. The van der Waals surface area contributed by atoms with Gasteiger partial charge in [-0.2, -0.15) is 0 Å². The third-order valence-electron chi connectivity index (χ3n) is 4.25. The van der Waals surface area contributed by atoms with E-state index in [2.05, 4.69) is 9.47 Å². The SMILES string of the molecule is CCS(=O)(=O)c1cc(Cl)ccc1C(=O)N(C(C)=O)c1ccc(OC(F)(F)F)cc1C(=O)OC. The predicted octanol–water partition coefficient (Wildman–Crippen LogP) is 4.01. The second-order valence-corrected chi connectivity index (χ2v) is 9.10. The molecule has 0 radical (unpaired) electrons. The van der Waals surface area contributed by atoms with Gasteiger partial charge in [0.2, 0.25) is 5.91 Å². The number of halogens is 4. The summed E-state index contributed by atoms with van der Waals surface area (Å²) >= 11 is 5.88. The Hall–Kier alpha value is -3.12. The number of methoxy groups -OCH3 is 1. The molecule has 13 heteroatoms. The van der Waals surface area contributed by atoms with Gasteiger partial charge in [0.1, 0.15) is 5.75 Å². The largest absolute Gasteiger partial charge is 0.573 e. The maximum absolute atomic E-state index is 13.3. The molecule has 2 amide bonds. The molecule has 0 N–H and O–H groups in total. The van der Waals surface area contributed by atoms with Crippen LogP contribution in [0.4, 0.5) is 18.9 Å². The predicted molar refractivity (Wildman–Crippen MR) is 111 cm³/mol. The smallest absolute Gasteiger partial charge is 0.465 e. The summed E-state index contributed by atoms with van der Waals surface area (Å²) in [6, 6.07) is 5.64. The van der Waals surface area contributed by atoms with Gasteiger partial charge in [0.25, 0.3) is 5.91 Å². The Bertz CT molecular complexity index is 1210. The molecule has 2 rings (SSSR count). The van der Waals surface area contributed by atoms with Gasteiger partial charge in [0.05, 0.1) is 34.6 Å². The number of sulfone groups is 1. The molecule has 0 unspecified atom stereocenters. The Labute approximate surface area is 191 Å². The molecular weight excluding hydrogens is 491 g/mol. The number of anilines is 1. The second-order valence-electron chi connectivity index (χ2n) is 6.42. The van der Waals surface area contributed by atoms with Crippen molar-refractivity contribution < 1.29 is 45.4 Å². The van der Waals surface area contributed by atoms with E-state index in [1.165, 1.54) is 13.0 Å². The van der Waals surface area contributed by atoms with Gasteiger partial charge in [-0.3, -0.25) is 9.59 Å². The number of hydrogen-bond acceptors (Lipinski definition) is 7.